The molecule has 0 saturated carbocycles. The van der Waals surface area contributed by atoms with Crippen molar-refractivity contribution in [3.8, 4) is 0 Å². The summed E-state index contributed by atoms with van der Waals surface area (Å²) < 4.78 is 0. The number of anilines is 1. The molecule has 1 atom stereocenters. The Kier molecular flexibility index (Phi) is 5.76. The largest absolute Gasteiger partial charge is 0.480 e. The number of carbonyl (C=O) groups is 2. The molecule has 2 N–H and O–H groups in total. The molecular weight excluding hydrogens is 268 g/mol. The summed E-state index contributed by atoms with van der Waals surface area (Å²) in [4.78, 5) is 25.0. The van der Waals surface area contributed by atoms with E-state index in [-0.39, 0.29) is 18.0 Å². The van der Waals surface area contributed by atoms with Gasteiger partial charge in [0, 0.05) is 11.2 Å². The first-order valence-corrected chi connectivity index (χ1v) is 7.12. The van der Waals surface area contributed by atoms with Gasteiger partial charge < -0.3 is 15.3 Å². The van der Waals surface area contributed by atoms with Crippen LogP contribution in [0.4, 0.5) is 5.69 Å². The van der Waals surface area contributed by atoms with Gasteiger partial charge in [-0.2, -0.15) is 0 Å². The minimum absolute atomic E-state index is 0.174. The molecule has 0 bridgehead atoms. The second-order valence-electron chi connectivity index (χ2n) is 5.76. The molecule has 1 amide bonds. The number of carboxylic acid groups (broad SMARTS) is 1. The van der Waals surface area contributed by atoms with Gasteiger partial charge in [0.15, 0.2) is 0 Å². The van der Waals surface area contributed by atoms with Crippen molar-refractivity contribution in [2.24, 2.45) is 0 Å². The fourth-order valence-electron chi connectivity index (χ4n) is 1.88. The van der Waals surface area contributed by atoms with Gasteiger partial charge in [-0.1, -0.05) is 25.1 Å². The fourth-order valence-corrected chi connectivity index (χ4v) is 1.88. The molecule has 0 aliphatic heterocycles. The van der Waals surface area contributed by atoms with Gasteiger partial charge in [-0.05, 0) is 39.3 Å². The van der Waals surface area contributed by atoms with Crippen LogP contribution in [0.2, 0.25) is 0 Å². The van der Waals surface area contributed by atoms with E-state index in [4.69, 9.17) is 5.11 Å². The minimum Gasteiger partial charge on any atom is -0.480 e. The van der Waals surface area contributed by atoms with Gasteiger partial charge in [-0.25, -0.2) is 0 Å². The molecule has 0 heterocycles. The van der Waals surface area contributed by atoms with Gasteiger partial charge in [0.05, 0.1) is 0 Å². The Morgan fingerprint density at radius 2 is 1.86 bits per heavy atom. The van der Waals surface area contributed by atoms with Gasteiger partial charge in [0.1, 0.15) is 12.6 Å². The van der Waals surface area contributed by atoms with Crippen LogP contribution in [0.1, 0.15) is 34.1 Å². The number of hydrogen-bond acceptors (Lipinski definition) is 3. The zero-order chi connectivity index (χ0) is 16.0. The van der Waals surface area contributed by atoms with E-state index in [1.807, 2.05) is 39.0 Å². The average Bonchev–Trinajstić information content (AvgIpc) is 2.44. The maximum absolute atomic E-state index is 12.4. The van der Waals surface area contributed by atoms with Crippen LogP contribution in [0.5, 0.6) is 0 Å². The smallest absolute Gasteiger partial charge is 0.323 e. The molecule has 0 fully saturated rings. The molecule has 5 nitrogen and oxygen atoms in total. The maximum atomic E-state index is 12.4. The number of benzene rings is 1. The lowest BCUT2D eigenvalue weighted by molar-refractivity contribution is -0.135. The number of nitrogens with zero attached hydrogens (tertiary/aromatic N) is 1. The summed E-state index contributed by atoms with van der Waals surface area (Å²) in [7, 11) is 0. The number of para-hydroxylation sites is 1. The number of nitrogens with one attached hydrogen (secondary N) is 1. The highest BCUT2D eigenvalue weighted by atomic mass is 16.4. The highest BCUT2D eigenvalue weighted by Crippen LogP contribution is 2.17. The molecule has 1 unspecified atom stereocenters. The lowest BCUT2D eigenvalue weighted by Gasteiger charge is -2.32. The van der Waals surface area contributed by atoms with Crippen LogP contribution in [0.15, 0.2) is 30.3 Å². The highest BCUT2D eigenvalue weighted by Gasteiger charge is 2.27. The standard InChI is InChI=1S/C16H24N2O3/c1-5-16(3,4)17-15(21)12(2)18(11-14(19)20)13-9-7-6-8-10-13/h6-10,12H,5,11H2,1-4H3,(H,17,21)(H,19,20). The summed E-state index contributed by atoms with van der Waals surface area (Å²) in [6.45, 7) is 7.39. The second-order valence-corrected chi connectivity index (χ2v) is 5.76. The molecule has 21 heavy (non-hydrogen) atoms. The van der Waals surface area contributed by atoms with E-state index >= 15 is 0 Å². The van der Waals surface area contributed by atoms with Crippen LogP contribution in [0, 0.1) is 0 Å². The number of hydrogen-bond donors (Lipinski definition) is 2. The Hall–Kier alpha value is -2.04. The van der Waals surface area contributed by atoms with Crippen molar-refractivity contribution in [2.75, 3.05) is 11.4 Å². The Labute approximate surface area is 126 Å². The third-order valence-electron chi connectivity index (χ3n) is 3.59. The Bertz CT molecular complexity index is 486. The number of amides is 1. The summed E-state index contributed by atoms with van der Waals surface area (Å²) in [6, 6.07) is 8.55. The Morgan fingerprint density at radius 1 is 1.29 bits per heavy atom. The molecule has 1 aromatic rings. The third kappa shape index (κ3) is 5.10. The topological polar surface area (TPSA) is 69.6 Å². The molecule has 5 heteroatoms. The van der Waals surface area contributed by atoms with Crippen LogP contribution < -0.4 is 10.2 Å². The van der Waals surface area contributed by atoms with Crippen molar-refractivity contribution in [1.82, 2.24) is 5.32 Å². The van der Waals surface area contributed by atoms with Crippen molar-refractivity contribution in [3.63, 3.8) is 0 Å². The summed E-state index contributed by atoms with van der Waals surface area (Å²) >= 11 is 0. The normalized spacial score (nSPS) is 12.6. The predicted octanol–water partition coefficient (Wildman–Crippen LogP) is 2.27. The molecule has 0 saturated heterocycles. The molecule has 0 radical (unpaired) electrons. The van der Waals surface area contributed by atoms with Crippen LogP contribution in [-0.4, -0.2) is 35.1 Å². The number of carboxylic acids is 1. The fraction of sp³-hybridized carbons (Fsp3) is 0.500. The lowest BCUT2D eigenvalue weighted by atomic mass is 10.0. The highest BCUT2D eigenvalue weighted by molar-refractivity contribution is 5.87. The van der Waals surface area contributed by atoms with Crippen LogP contribution in [0.25, 0.3) is 0 Å². The molecule has 116 valence electrons. The van der Waals surface area contributed by atoms with Gasteiger partial charge in [0.25, 0.3) is 0 Å². The van der Waals surface area contributed by atoms with E-state index in [2.05, 4.69) is 5.32 Å². The van der Waals surface area contributed by atoms with Crippen molar-refractivity contribution in [2.45, 2.75) is 45.7 Å². The molecule has 0 aromatic heterocycles. The van der Waals surface area contributed by atoms with E-state index in [1.54, 1.807) is 24.0 Å². The molecule has 0 aliphatic carbocycles. The second kappa shape index (κ2) is 7.11. The lowest BCUT2D eigenvalue weighted by Crippen LogP contribution is -2.53. The molecular formula is C16H24N2O3. The van der Waals surface area contributed by atoms with E-state index in [9.17, 15) is 9.59 Å². The van der Waals surface area contributed by atoms with Gasteiger partial charge >= 0.3 is 5.97 Å². The van der Waals surface area contributed by atoms with Gasteiger partial charge in [0.2, 0.25) is 5.91 Å². The summed E-state index contributed by atoms with van der Waals surface area (Å²) in [6.07, 6.45) is 0.801. The first kappa shape index (κ1) is 17.0. The van der Waals surface area contributed by atoms with Crippen molar-refractivity contribution >= 4 is 17.6 Å². The zero-order valence-corrected chi connectivity index (χ0v) is 13.1. The molecule has 1 rings (SSSR count). The molecule has 0 aliphatic rings. The van der Waals surface area contributed by atoms with E-state index < -0.39 is 12.0 Å². The Balaban J connectivity index is 2.93. The van der Waals surface area contributed by atoms with Gasteiger partial charge in [-0.15, -0.1) is 0 Å². The summed E-state index contributed by atoms with van der Waals surface area (Å²) in [5.74, 6) is -1.14. The number of carbonyl (C=O) groups excluding carboxylic acids is 1. The van der Waals surface area contributed by atoms with E-state index in [1.165, 1.54) is 0 Å². The zero-order valence-electron chi connectivity index (χ0n) is 13.1. The predicted molar refractivity (Wildman–Crippen MR) is 83.4 cm³/mol. The molecule has 0 spiro atoms. The first-order valence-electron chi connectivity index (χ1n) is 7.12. The van der Waals surface area contributed by atoms with Crippen molar-refractivity contribution in [3.05, 3.63) is 30.3 Å². The van der Waals surface area contributed by atoms with Crippen molar-refractivity contribution < 1.29 is 14.7 Å². The molecule has 1 aromatic carbocycles. The number of aliphatic carboxylic acids is 1. The Morgan fingerprint density at radius 3 is 2.33 bits per heavy atom. The monoisotopic (exact) mass is 292 g/mol. The summed E-state index contributed by atoms with van der Waals surface area (Å²) in [5, 5.41) is 12.0. The van der Waals surface area contributed by atoms with Crippen molar-refractivity contribution in [1.29, 1.82) is 0 Å². The third-order valence-corrected chi connectivity index (χ3v) is 3.59. The van der Waals surface area contributed by atoms with Crippen LogP contribution in [0.3, 0.4) is 0 Å². The van der Waals surface area contributed by atoms with E-state index in [0.717, 1.165) is 12.1 Å². The van der Waals surface area contributed by atoms with Gasteiger partial charge in [-0.3, -0.25) is 9.59 Å². The summed E-state index contributed by atoms with van der Waals surface area (Å²) in [5.41, 5.74) is 0.411. The SMILES string of the molecule is CCC(C)(C)NC(=O)C(C)N(CC(=O)O)c1ccccc1. The van der Waals surface area contributed by atoms with E-state index in [0.29, 0.717) is 0 Å². The first-order chi connectivity index (χ1) is 9.76. The quantitative estimate of drug-likeness (QED) is 0.809. The number of rotatable bonds is 7. The average molecular weight is 292 g/mol. The maximum Gasteiger partial charge on any atom is 0.323 e. The minimum atomic E-state index is -0.965. The van der Waals surface area contributed by atoms with Crippen LogP contribution in [-0.2, 0) is 9.59 Å². The van der Waals surface area contributed by atoms with Crippen LogP contribution >= 0.6 is 0 Å².